The van der Waals surface area contributed by atoms with Gasteiger partial charge in [-0.25, -0.2) is 0 Å². The van der Waals surface area contributed by atoms with Crippen molar-refractivity contribution in [2.75, 3.05) is 5.32 Å². The van der Waals surface area contributed by atoms with Crippen molar-refractivity contribution in [2.45, 2.75) is 39.2 Å². The van der Waals surface area contributed by atoms with E-state index in [4.69, 9.17) is 35.4 Å². The summed E-state index contributed by atoms with van der Waals surface area (Å²) in [6, 6.07) is 14.0. The molecule has 0 aliphatic carbocycles. The Hall–Kier alpha value is -1.29. The van der Waals surface area contributed by atoms with Gasteiger partial charge in [-0.3, -0.25) is 0 Å². The summed E-state index contributed by atoms with van der Waals surface area (Å²) in [4.78, 5) is 0. The molecule has 0 saturated carbocycles. The molecule has 0 bridgehead atoms. The summed E-state index contributed by atoms with van der Waals surface area (Å²) in [5.41, 5.74) is 3.29. The smallest absolute Gasteiger partial charge is 0.171 e. The standard InChI is InChI=1S/C19H22Cl2N2S/c1-4-12(2)14-5-7-15(8-6-14)13(3)22-19(24)23-18-10-9-16(20)11-17(18)21/h5-13H,4H2,1-3H3,(H2,22,23,24). The lowest BCUT2D eigenvalue weighted by atomic mass is 9.96. The predicted molar refractivity (Wildman–Crippen MR) is 109 cm³/mol. The van der Waals surface area contributed by atoms with Crippen LogP contribution in [0.1, 0.15) is 50.3 Å². The van der Waals surface area contributed by atoms with Crippen LogP contribution in [-0.4, -0.2) is 5.11 Å². The lowest BCUT2D eigenvalue weighted by Gasteiger charge is -2.19. The van der Waals surface area contributed by atoms with E-state index in [0.717, 1.165) is 12.1 Å². The minimum atomic E-state index is 0.0991. The number of halogens is 2. The fraction of sp³-hybridized carbons (Fsp3) is 0.316. The van der Waals surface area contributed by atoms with Gasteiger partial charge in [0, 0.05) is 5.02 Å². The molecule has 0 spiro atoms. The molecular formula is C19H22Cl2N2S. The van der Waals surface area contributed by atoms with E-state index in [1.165, 1.54) is 11.1 Å². The van der Waals surface area contributed by atoms with Gasteiger partial charge in [0.25, 0.3) is 0 Å². The normalized spacial score (nSPS) is 13.2. The van der Waals surface area contributed by atoms with Crippen LogP contribution in [0.2, 0.25) is 10.0 Å². The van der Waals surface area contributed by atoms with Crippen molar-refractivity contribution in [1.29, 1.82) is 0 Å². The number of hydrogen-bond acceptors (Lipinski definition) is 1. The summed E-state index contributed by atoms with van der Waals surface area (Å²) in [6.45, 7) is 6.52. The molecule has 2 rings (SSSR count). The summed E-state index contributed by atoms with van der Waals surface area (Å²) >= 11 is 17.4. The molecule has 0 fully saturated rings. The van der Waals surface area contributed by atoms with Crippen LogP contribution in [0.4, 0.5) is 5.69 Å². The molecule has 2 atom stereocenters. The van der Waals surface area contributed by atoms with Crippen molar-refractivity contribution >= 4 is 46.2 Å². The Kier molecular flexibility index (Phi) is 6.90. The Morgan fingerprint density at radius 2 is 1.67 bits per heavy atom. The van der Waals surface area contributed by atoms with E-state index >= 15 is 0 Å². The van der Waals surface area contributed by atoms with Gasteiger partial charge in [-0.2, -0.15) is 0 Å². The lowest BCUT2D eigenvalue weighted by molar-refractivity contribution is 0.713. The van der Waals surface area contributed by atoms with Gasteiger partial charge in [0.2, 0.25) is 0 Å². The molecule has 0 amide bonds. The minimum Gasteiger partial charge on any atom is -0.356 e. The van der Waals surface area contributed by atoms with E-state index in [1.54, 1.807) is 12.1 Å². The molecule has 2 N–H and O–H groups in total. The average molecular weight is 381 g/mol. The Morgan fingerprint density at radius 1 is 1.04 bits per heavy atom. The van der Waals surface area contributed by atoms with E-state index in [2.05, 4.69) is 55.7 Å². The SMILES string of the molecule is CCC(C)c1ccc(C(C)NC(=S)Nc2ccc(Cl)cc2Cl)cc1. The molecule has 2 aromatic rings. The van der Waals surface area contributed by atoms with Gasteiger partial charge in [0.1, 0.15) is 0 Å². The highest BCUT2D eigenvalue weighted by Crippen LogP contribution is 2.26. The molecule has 0 saturated heterocycles. The Morgan fingerprint density at radius 3 is 2.25 bits per heavy atom. The molecule has 0 heterocycles. The maximum absolute atomic E-state index is 6.15. The van der Waals surface area contributed by atoms with Crippen LogP contribution < -0.4 is 10.6 Å². The van der Waals surface area contributed by atoms with Gasteiger partial charge in [-0.1, -0.05) is 61.3 Å². The number of hydrogen-bond donors (Lipinski definition) is 2. The van der Waals surface area contributed by atoms with Crippen molar-refractivity contribution in [1.82, 2.24) is 5.32 Å². The molecule has 0 aliphatic rings. The topological polar surface area (TPSA) is 24.1 Å². The summed E-state index contributed by atoms with van der Waals surface area (Å²) in [7, 11) is 0. The number of thiocarbonyl (C=S) groups is 1. The minimum absolute atomic E-state index is 0.0991. The highest BCUT2D eigenvalue weighted by atomic mass is 35.5. The van der Waals surface area contributed by atoms with E-state index in [-0.39, 0.29) is 6.04 Å². The fourth-order valence-electron chi connectivity index (χ4n) is 2.38. The monoisotopic (exact) mass is 380 g/mol. The zero-order valence-electron chi connectivity index (χ0n) is 14.1. The van der Waals surface area contributed by atoms with Crippen LogP contribution in [0.3, 0.4) is 0 Å². The second-order valence-electron chi connectivity index (χ2n) is 5.92. The Labute approximate surface area is 159 Å². The average Bonchev–Trinajstić information content (AvgIpc) is 2.56. The largest absolute Gasteiger partial charge is 0.356 e. The third kappa shape index (κ3) is 5.10. The van der Waals surface area contributed by atoms with Crippen LogP contribution in [0.15, 0.2) is 42.5 Å². The van der Waals surface area contributed by atoms with E-state index < -0.39 is 0 Å². The van der Waals surface area contributed by atoms with Gasteiger partial charge in [0.15, 0.2) is 5.11 Å². The predicted octanol–water partition coefficient (Wildman–Crippen LogP) is 6.55. The van der Waals surface area contributed by atoms with Crippen molar-refractivity contribution in [3.63, 3.8) is 0 Å². The van der Waals surface area contributed by atoms with E-state index in [1.807, 2.05) is 6.07 Å². The van der Waals surface area contributed by atoms with Gasteiger partial charge in [-0.15, -0.1) is 0 Å². The van der Waals surface area contributed by atoms with E-state index in [9.17, 15) is 0 Å². The third-order valence-electron chi connectivity index (χ3n) is 4.14. The number of benzene rings is 2. The first-order valence-corrected chi connectivity index (χ1v) is 9.19. The number of rotatable bonds is 5. The van der Waals surface area contributed by atoms with Crippen molar-refractivity contribution in [3.8, 4) is 0 Å². The van der Waals surface area contributed by atoms with Gasteiger partial charge in [0.05, 0.1) is 16.8 Å². The first kappa shape index (κ1) is 19.0. The molecule has 2 aromatic carbocycles. The summed E-state index contributed by atoms with van der Waals surface area (Å²) in [5, 5.41) is 8.05. The second kappa shape index (κ2) is 8.70. The van der Waals surface area contributed by atoms with Crippen molar-refractivity contribution in [2.24, 2.45) is 0 Å². The third-order valence-corrected chi connectivity index (χ3v) is 4.91. The highest BCUT2D eigenvalue weighted by Gasteiger charge is 2.10. The summed E-state index contributed by atoms with van der Waals surface area (Å²) in [6.07, 6.45) is 1.14. The Bertz CT molecular complexity index is 701. The fourth-order valence-corrected chi connectivity index (χ4v) is 3.12. The molecular weight excluding hydrogens is 359 g/mol. The van der Waals surface area contributed by atoms with Gasteiger partial charge in [-0.05, 0) is 60.8 Å². The van der Waals surface area contributed by atoms with Crippen LogP contribution in [0, 0.1) is 0 Å². The summed E-state index contributed by atoms with van der Waals surface area (Å²) in [5.74, 6) is 0.581. The number of anilines is 1. The van der Waals surface area contributed by atoms with Crippen molar-refractivity contribution < 1.29 is 0 Å². The van der Waals surface area contributed by atoms with Crippen LogP contribution >= 0.6 is 35.4 Å². The first-order valence-electron chi connectivity index (χ1n) is 8.03. The highest BCUT2D eigenvalue weighted by molar-refractivity contribution is 7.80. The summed E-state index contributed by atoms with van der Waals surface area (Å²) < 4.78 is 0. The molecule has 5 heteroatoms. The van der Waals surface area contributed by atoms with Crippen LogP contribution in [0.5, 0.6) is 0 Å². The van der Waals surface area contributed by atoms with Crippen molar-refractivity contribution in [3.05, 3.63) is 63.6 Å². The molecule has 0 aliphatic heterocycles. The lowest BCUT2D eigenvalue weighted by Crippen LogP contribution is -2.31. The maximum Gasteiger partial charge on any atom is 0.171 e. The second-order valence-corrected chi connectivity index (χ2v) is 7.17. The van der Waals surface area contributed by atoms with Crippen LogP contribution in [-0.2, 0) is 0 Å². The molecule has 0 radical (unpaired) electrons. The molecule has 0 aromatic heterocycles. The van der Waals surface area contributed by atoms with Crippen LogP contribution in [0.25, 0.3) is 0 Å². The van der Waals surface area contributed by atoms with Gasteiger partial charge < -0.3 is 10.6 Å². The zero-order chi connectivity index (χ0) is 17.7. The molecule has 128 valence electrons. The zero-order valence-corrected chi connectivity index (χ0v) is 16.4. The maximum atomic E-state index is 6.15. The van der Waals surface area contributed by atoms with Gasteiger partial charge >= 0.3 is 0 Å². The van der Waals surface area contributed by atoms with E-state index in [0.29, 0.717) is 21.1 Å². The molecule has 2 nitrogen and oxygen atoms in total. The number of nitrogens with one attached hydrogen (secondary N) is 2. The molecule has 24 heavy (non-hydrogen) atoms. The Balaban J connectivity index is 1.98. The molecule has 2 unspecified atom stereocenters. The quantitative estimate of drug-likeness (QED) is 0.574. The first-order chi connectivity index (χ1) is 11.4.